The van der Waals surface area contributed by atoms with Gasteiger partial charge in [-0.05, 0) is 24.6 Å². The first-order valence-corrected chi connectivity index (χ1v) is 10.7. The number of fused-ring (bicyclic) bond motifs is 1. The van der Waals surface area contributed by atoms with E-state index < -0.39 is 23.9 Å². The third-order valence-corrected chi connectivity index (χ3v) is 5.21. The van der Waals surface area contributed by atoms with Crippen LogP contribution in [-0.2, 0) is 26.1 Å². The van der Waals surface area contributed by atoms with Crippen molar-refractivity contribution in [3.05, 3.63) is 66.0 Å². The van der Waals surface area contributed by atoms with Gasteiger partial charge in [0.25, 0.3) is 5.91 Å². The Labute approximate surface area is 196 Å². The van der Waals surface area contributed by atoms with E-state index in [1.165, 1.54) is 6.92 Å². The molecule has 2 aromatic carbocycles. The van der Waals surface area contributed by atoms with Crippen molar-refractivity contribution in [2.75, 3.05) is 18.7 Å². The summed E-state index contributed by atoms with van der Waals surface area (Å²) in [6.45, 7) is 3.21. The van der Waals surface area contributed by atoms with Gasteiger partial charge in [0, 0.05) is 31.3 Å². The van der Waals surface area contributed by atoms with E-state index in [9.17, 15) is 14.4 Å². The molecule has 0 saturated heterocycles. The predicted octanol–water partition coefficient (Wildman–Crippen LogP) is 3.84. The second-order valence-electron chi connectivity index (χ2n) is 7.56. The maximum absolute atomic E-state index is 13.4. The van der Waals surface area contributed by atoms with Crippen LogP contribution in [0.25, 0.3) is 11.1 Å². The highest BCUT2D eigenvalue weighted by molar-refractivity contribution is 6.07. The summed E-state index contributed by atoms with van der Waals surface area (Å²) in [5, 5.41) is 2.80. The molecule has 0 saturated carbocycles. The molecule has 0 bridgehead atoms. The van der Waals surface area contributed by atoms with Gasteiger partial charge in [-0.2, -0.15) is 0 Å². The molecule has 1 aliphatic rings. The van der Waals surface area contributed by atoms with E-state index in [1.54, 1.807) is 73.3 Å². The first kappa shape index (κ1) is 22.9. The Hall–Kier alpha value is -4.27. The van der Waals surface area contributed by atoms with Gasteiger partial charge in [0.15, 0.2) is 17.2 Å². The van der Waals surface area contributed by atoms with E-state index in [-0.39, 0.29) is 24.8 Å². The molecule has 0 fully saturated rings. The summed E-state index contributed by atoms with van der Waals surface area (Å²) in [5.41, 5.74) is 2.13. The fraction of sp³-hybridized carbons (Fsp3) is 0.240. The van der Waals surface area contributed by atoms with E-state index in [0.29, 0.717) is 28.2 Å². The number of carbonyl (C=O) groups is 3. The number of carbonyl (C=O) groups excluding carboxylic acids is 3. The summed E-state index contributed by atoms with van der Waals surface area (Å²) in [4.78, 5) is 37.9. The number of esters is 2. The Bertz CT molecular complexity index is 1230. The second kappa shape index (κ2) is 9.70. The minimum atomic E-state index is -1.21. The summed E-state index contributed by atoms with van der Waals surface area (Å²) >= 11 is 0. The number of hydrogen-bond donors (Lipinski definition) is 1. The molecule has 2 heterocycles. The van der Waals surface area contributed by atoms with Gasteiger partial charge in [-0.3, -0.25) is 9.59 Å². The van der Waals surface area contributed by atoms with Crippen molar-refractivity contribution in [3.63, 3.8) is 0 Å². The zero-order valence-electron chi connectivity index (χ0n) is 19.0. The molecule has 1 unspecified atom stereocenters. The molecule has 9 nitrogen and oxygen atoms in total. The third-order valence-electron chi connectivity index (χ3n) is 5.21. The fourth-order valence-corrected chi connectivity index (χ4v) is 3.74. The molecule has 0 spiro atoms. The summed E-state index contributed by atoms with van der Waals surface area (Å²) in [5.74, 6) is -0.664. The van der Waals surface area contributed by atoms with Crippen LogP contribution in [0.2, 0.25) is 0 Å². The van der Waals surface area contributed by atoms with Gasteiger partial charge in [-0.25, -0.2) is 4.79 Å². The van der Waals surface area contributed by atoms with Crippen molar-refractivity contribution in [3.8, 4) is 22.6 Å². The van der Waals surface area contributed by atoms with Crippen LogP contribution in [0.1, 0.15) is 36.0 Å². The zero-order chi connectivity index (χ0) is 24.2. The SMILES string of the molecule is CCOC(=O)c1c(NC(=O)C(OC(C)=O)c2ccccc2)c(-c2ccc3c(c2)OCO3)cn1C. The van der Waals surface area contributed by atoms with Crippen LogP contribution in [0.4, 0.5) is 5.69 Å². The average molecular weight is 464 g/mol. The van der Waals surface area contributed by atoms with Crippen molar-refractivity contribution < 1.29 is 33.3 Å². The Morgan fingerprint density at radius 1 is 1.09 bits per heavy atom. The van der Waals surface area contributed by atoms with Crippen molar-refractivity contribution in [1.82, 2.24) is 4.57 Å². The molecule has 34 heavy (non-hydrogen) atoms. The summed E-state index contributed by atoms with van der Waals surface area (Å²) < 4.78 is 23.0. The molecule has 4 rings (SSSR count). The standard InChI is InChI=1S/C25H24N2O7/c1-4-31-25(30)22-21(26-24(29)23(34-15(2)28)16-8-6-5-7-9-16)18(13-27(22)3)17-10-11-19-20(12-17)33-14-32-19/h5-13,23H,4,14H2,1-3H3,(H,26,29). The fourth-order valence-electron chi connectivity index (χ4n) is 3.74. The normalized spacial score (nSPS) is 12.7. The van der Waals surface area contributed by atoms with Crippen LogP contribution in [0, 0.1) is 0 Å². The molecule has 0 radical (unpaired) electrons. The molecular weight excluding hydrogens is 440 g/mol. The summed E-state index contributed by atoms with van der Waals surface area (Å²) in [6, 6.07) is 14.0. The van der Waals surface area contributed by atoms with Gasteiger partial charge in [0.2, 0.25) is 12.9 Å². The molecule has 9 heteroatoms. The van der Waals surface area contributed by atoms with Crippen LogP contribution >= 0.6 is 0 Å². The van der Waals surface area contributed by atoms with Gasteiger partial charge in [-0.15, -0.1) is 0 Å². The summed E-state index contributed by atoms with van der Waals surface area (Å²) in [7, 11) is 1.68. The maximum Gasteiger partial charge on any atom is 0.357 e. The highest BCUT2D eigenvalue weighted by Gasteiger charge is 2.29. The Balaban J connectivity index is 1.77. The minimum absolute atomic E-state index is 0.117. The molecule has 3 aromatic rings. The average Bonchev–Trinajstić information content (AvgIpc) is 3.41. The monoisotopic (exact) mass is 464 g/mol. The maximum atomic E-state index is 13.4. The van der Waals surface area contributed by atoms with E-state index in [0.717, 1.165) is 0 Å². The van der Waals surface area contributed by atoms with Gasteiger partial charge in [0.1, 0.15) is 0 Å². The van der Waals surface area contributed by atoms with Crippen molar-refractivity contribution in [1.29, 1.82) is 0 Å². The number of ether oxygens (including phenoxy) is 4. The predicted molar refractivity (Wildman–Crippen MR) is 123 cm³/mol. The largest absolute Gasteiger partial charge is 0.461 e. The Morgan fingerprint density at radius 2 is 1.82 bits per heavy atom. The molecule has 1 aromatic heterocycles. The minimum Gasteiger partial charge on any atom is -0.461 e. The topological polar surface area (TPSA) is 105 Å². The van der Waals surface area contributed by atoms with E-state index >= 15 is 0 Å². The number of anilines is 1. The van der Waals surface area contributed by atoms with E-state index in [4.69, 9.17) is 18.9 Å². The molecule has 1 atom stereocenters. The second-order valence-corrected chi connectivity index (χ2v) is 7.56. The number of aryl methyl sites for hydroxylation is 1. The number of nitrogens with zero attached hydrogens (tertiary/aromatic N) is 1. The van der Waals surface area contributed by atoms with Crippen LogP contribution < -0.4 is 14.8 Å². The smallest absolute Gasteiger partial charge is 0.357 e. The number of aromatic nitrogens is 1. The van der Waals surface area contributed by atoms with E-state index in [1.807, 2.05) is 0 Å². The van der Waals surface area contributed by atoms with Gasteiger partial charge in [-0.1, -0.05) is 36.4 Å². The highest BCUT2D eigenvalue weighted by Crippen LogP contribution is 2.40. The molecule has 0 aliphatic carbocycles. The van der Waals surface area contributed by atoms with Crippen LogP contribution in [0.3, 0.4) is 0 Å². The Morgan fingerprint density at radius 3 is 2.53 bits per heavy atom. The molecule has 1 N–H and O–H groups in total. The van der Waals surface area contributed by atoms with Crippen molar-refractivity contribution >= 4 is 23.5 Å². The van der Waals surface area contributed by atoms with Gasteiger partial charge < -0.3 is 28.8 Å². The van der Waals surface area contributed by atoms with Gasteiger partial charge in [0.05, 0.1) is 12.3 Å². The number of rotatable bonds is 7. The highest BCUT2D eigenvalue weighted by atomic mass is 16.7. The number of nitrogens with one attached hydrogen (secondary N) is 1. The molecular formula is C25H24N2O7. The quantitative estimate of drug-likeness (QED) is 0.530. The van der Waals surface area contributed by atoms with Gasteiger partial charge >= 0.3 is 11.9 Å². The third kappa shape index (κ3) is 4.59. The first-order chi connectivity index (χ1) is 16.4. The lowest BCUT2D eigenvalue weighted by Crippen LogP contribution is -2.26. The van der Waals surface area contributed by atoms with E-state index in [2.05, 4.69) is 5.32 Å². The lowest BCUT2D eigenvalue weighted by Gasteiger charge is -2.18. The first-order valence-electron chi connectivity index (χ1n) is 10.7. The zero-order valence-corrected chi connectivity index (χ0v) is 19.0. The lowest BCUT2D eigenvalue weighted by molar-refractivity contribution is -0.152. The van der Waals surface area contributed by atoms with Crippen molar-refractivity contribution in [2.45, 2.75) is 20.0 Å². The number of amides is 1. The van der Waals surface area contributed by atoms with Crippen molar-refractivity contribution in [2.24, 2.45) is 7.05 Å². The number of benzene rings is 2. The molecule has 176 valence electrons. The Kier molecular flexibility index (Phi) is 6.53. The van der Waals surface area contributed by atoms with Crippen LogP contribution in [-0.4, -0.2) is 35.8 Å². The lowest BCUT2D eigenvalue weighted by atomic mass is 10.0. The molecule has 1 aliphatic heterocycles. The summed E-state index contributed by atoms with van der Waals surface area (Å²) in [6.07, 6.45) is 0.501. The van der Waals surface area contributed by atoms with Crippen LogP contribution in [0.5, 0.6) is 11.5 Å². The molecule has 1 amide bonds. The number of hydrogen-bond acceptors (Lipinski definition) is 7. The van der Waals surface area contributed by atoms with Crippen LogP contribution in [0.15, 0.2) is 54.7 Å².